The quantitative estimate of drug-likeness (QED) is 0.918. The topological polar surface area (TPSA) is 52.7 Å². The molecule has 5 nitrogen and oxygen atoms in total. The molecular weight excluding hydrogens is 278 g/mol. The second-order valence-corrected chi connectivity index (χ2v) is 6.08. The predicted octanol–water partition coefficient (Wildman–Crippen LogP) is 1.39. The zero-order valence-corrected chi connectivity index (χ0v) is 13.0. The summed E-state index contributed by atoms with van der Waals surface area (Å²) < 4.78 is 0. The van der Waals surface area contributed by atoms with Crippen LogP contribution in [0.2, 0.25) is 0 Å². The molecule has 2 aliphatic heterocycles. The molecule has 0 bridgehead atoms. The minimum atomic E-state index is -0.642. The number of carbonyl (C=O) groups excluding carboxylic acids is 2. The van der Waals surface area contributed by atoms with E-state index >= 15 is 0 Å². The standard InChI is InChI=1S/C17H23N3O2/c1-2-10-20-15(21)13-18-16(22)17(20)8-11-19(12-9-17)14-6-4-3-5-7-14/h3-7H,2,8-13H2,1H3,(H,18,22). The van der Waals surface area contributed by atoms with Gasteiger partial charge < -0.3 is 15.1 Å². The molecule has 2 heterocycles. The van der Waals surface area contributed by atoms with Gasteiger partial charge in [-0.25, -0.2) is 0 Å². The van der Waals surface area contributed by atoms with Gasteiger partial charge in [-0.05, 0) is 31.4 Å². The molecule has 118 valence electrons. The lowest BCUT2D eigenvalue weighted by molar-refractivity contribution is -0.155. The Morgan fingerprint density at radius 3 is 2.45 bits per heavy atom. The number of carbonyl (C=O) groups is 2. The van der Waals surface area contributed by atoms with Crippen molar-refractivity contribution in [2.45, 2.75) is 31.7 Å². The molecule has 22 heavy (non-hydrogen) atoms. The first kappa shape index (κ1) is 14.9. The van der Waals surface area contributed by atoms with Gasteiger partial charge in [-0.15, -0.1) is 0 Å². The number of piperidine rings is 1. The van der Waals surface area contributed by atoms with Gasteiger partial charge in [0.15, 0.2) is 0 Å². The van der Waals surface area contributed by atoms with Crippen LogP contribution in [0.3, 0.4) is 0 Å². The Hall–Kier alpha value is -2.04. The molecule has 2 saturated heterocycles. The van der Waals surface area contributed by atoms with E-state index in [4.69, 9.17) is 0 Å². The molecule has 3 rings (SSSR count). The molecule has 0 radical (unpaired) electrons. The minimum absolute atomic E-state index is 0.0215. The molecule has 0 saturated carbocycles. The highest BCUT2D eigenvalue weighted by molar-refractivity contribution is 5.98. The summed E-state index contributed by atoms with van der Waals surface area (Å²) in [6.45, 7) is 4.45. The summed E-state index contributed by atoms with van der Waals surface area (Å²) in [6, 6.07) is 10.2. The van der Waals surface area contributed by atoms with E-state index in [0.29, 0.717) is 19.4 Å². The van der Waals surface area contributed by atoms with E-state index in [9.17, 15) is 9.59 Å². The molecule has 0 unspecified atom stereocenters. The van der Waals surface area contributed by atoms with Crippen molar-refractivity contribution in [2.24, 2.45) is 0 Å². The van der Waals surface area contributed by atoms with Crippen molar-refractivity contribution in [3.05, 3.63) is 30.3 Å². The summed E-state index contributed by atoms with van der Waals surface area (Å²) in [5.41, 5.74) is 0.540. The average Bonchev–Trinajstić information content (AvgIpc) is 2.57. The largest absolute Gasteiger partial charge is 0.371 e. The fourth-order valence-electron chi connectivity index (χ4n) is 3.61. The van der Waals surface area contributed by atoms with Gasteiger partial charge in [-0.3, -0.25) is 9.59 Å². The van der Waals surface area contributed by atoms with Gasteiger partial charge >= 0.3 is 0 Å². The molecule has 0 aliphatic carbocycles. The second-order valence-electron chi connectivity index (χ2n) is 6.08. The van der Waals surface area contributed by atoms with Gasteiger partial charge in [-0.1, -0.05) is 25.1 Å². The van der Waals surface area contributed by atoms with Gasteiger partial charge in [0.05, 0.1) is 6.54 Å². The molecule has 0 aromatic heterocycles. The highest BCUT2D eigenvalue weighted by atomic mass is 16.2. The zero-order valence-electron chi connectivity index (χ0n) is 13.0. The summed E-state index contributed by atoms with van der Waals surface area (Å²) >= 11 is 0. The molecular formula is C17H23N3O2. The van der Waals surface area contributed by atoms with Crippen LogP contribution in [0.15, 0.2) is 30.3 Å². The first-order chi connectivity index (χ1) is 10.7. The highest BCUT2D eigenvalue weighted by Gasteiger charge is 2.50. The molecule has 1 N–H and O–H groups in total. The molecule has 2 aliphatic rings. The number of rotatable bonds is 3. The van der Waals surface area contributed by atoms with E-state index in [-0.39, 0.29) is 18.4 Å². The fraction of sp³-hybridized carbons (Fsp3) is 0.529. The van der Waals surface area contributed by atoms with Crippen molar-refractivity contribution in [1.29, 1.82) is 0 Å². The van der Waals surface area contributed by atoms with Crippen LogP contribution in [0.5, 0.6) is 0 Å². The number of hydrogen-bond acceptors (Lipinski definition) is 3. The van der Waals surface area contributed by atoms with Crippen LogP contribution in [0, 0.1) is 0 Å². The predicted molar refractivity (Wildman–Crippen MR) is 85.6 cm³/mol. The highest BCUT2D eigenvalue weighted by Crippen LogP contribution is 2.33. The summed E-state index contributed by atoms with van der Waals surface area (Å²) in [5, 5.41) is 2.79. The number of anilines is 1. The molecule has 1 aromatic rings. The molecule has 0 atom stereocenters. The van der Waals surface area contributed by atoms with Crippen LogP contribution in [-0.4, -0.2) is 48.4 Å². The van der Waals surface area contributed by atoms with Crippen LogP contribution < -0.4 is 10.2 Å². The fourth-order valence-corrected chi connectivity index (χ4v) is 3.61. The van der Waals surface area contributed by atoms with Crippen molar-refractivity contribution >= 4 is 17.5 Å². The maximum absolute atomic E-state index is 12.5. The van der Waals surface area contributed by atoms with Crippen LogP contribution in [-0.2, 0) is 9.59 Å². The van der Waals surface area contributed by atoms with Crippen molar-refractivity contribution in [2.75, 3.05) is 31.1 Å². The maximum atomic E-state index is 12.5. The van der Waals surface area contributed by atoms with E-state index < -0.39 is 5.54 Å². The van der Waals surface area contributed by atoms with Crippen LogP contribution in [0.1, 0.15) is 26.2 Å². The van der Waals surface area contributed by atoms with E-state index in [2.05, 4.69) is 22.3 Å². The van der Waals surface area contributed by atoms with E-state index in [1.54, 1.807) is 0 Å². The molecule has 2 fully saturated rings. The number of amides is 2. The Morgan fingerprint density at radius 1 is 1.14 bits per heavy atom. The molecule has 1 spiro atoms. The van der Waals surface area contributed by atoms with Gasteiger partial charge in [0.1, 0.15) is 5.54 Å². The molecule has 5 heteroatoms. The number of nitrogens with one attached hydrogen (secondary N) is 1. The Labute approximate surface area is 131 Å². The van der Waals surface area contributed by atoms with Crippen molar-refractivity contribution < 1.29 is 9.59 Å². The average molecular weight is 301 g/mol. The van der Waals surface area contributed by atoms with E-state index in [1.165, 1.54) is 5.69 Å². The summed E-state index contributed by atoms with van der Waals surface area (Å²) in [6.07, 6.45) is 2.27. The van der Waals surface area contributed by atoms with Gasteiger partial charge in [0, 0.05) is 25.3 Å². The third kappa shape index (κ3) is 2.45. The molecule has 2 amide bonds. The summed E-state index contributed by atoms with van der Waals surface area (Å²) in [7, 11) is 0. The van der Waals surface area contributed by atoms with E-state index in [1.807, 2.05) is 30.0 Å². The Morgan fingerprint density at radius 2 is 1.82 bits per heavy atom. The second kappa shape index (κ2) is 5.99. The Balaban J connectivity index is 1.79. The van der Waals surface area contributed by atoms with Gasteiger partial charge in [0.25, 0.3) is 0 Å². The normalized spacial score (nSPS) is 21.1. The minimum Gasteiger partial charge on any atom is -0.371 e. The smallest absolute Gasteiger partial charge is 0.246 e. The third-order valence-corrected chi connectivity index (χ3v) is 4.80. The number of piperazine rings is 1. The van der Waals surface area contributed by atoms with Crippen LogP contribution in [0.25, 0.3) is 0 Å². The lowest BCUT2D eigenvalue weighted by Crippen LogP contribution is -2.70. The van der Waals surface area contributed by atoms with Crippen molar-refractivity contribution in [1.82, 2.24) is 10.2 Å². The summed E-state index contributed by atoms with van der Waals surface area (Å²) in [4.78, 5) is 28.9. The lowest BCUT2D eigenvalue weighted by Gasteiger charge is -2.50. The van der Waals surface area contributed by atoms with Crippen LogP contribution >= 0.6 is 0 Å². The number of para-hydroxylation sites is 1. The number of benzene rings is 1. The monoisotopic (exact) mass is 301 g/mol. The summed E-state index contributed by atoms with van der Waals surface area (Å²) in [5.74, 6) is 0.0721. The zero-order chi connectivity index (χ0) is 15.6. The van der Waals surface area contributed by atoms with Gasteiger partial charge in [0.2, 0.25) is 11.8 Å². The first-order valence-corrected chi connectivity index (χ1v) is 8.06. The number of nitrogens with zero attached hydrogens (tertiary/aromatic N) is 2. The van der Waals surface area contributed by atoms with Crippen molar-refractivity contribution in [3.8, 4) is 0 Å². The Bertz CT molecular complexity index is 550. The van der Waals surface area contributed by atoms with Gasteiger partial charge in [-0.2, -0.15) is 0 Å². The SMILES string of the molecule is CCCN1C(=O)CNC(=O)C12CCN(c1ccccc1)CC2. The van der Waals surface area contributed by atoms with E-state index in [0.717, 1.165) is 19.5 Å². The number of hydrogen-bond donors (Lipinski definition) is 1. The third-order valence-electron chi connectivity index (χ3n) is 4.80. The Kier molecular flexibility index (Phi) is 4.05. The van der Waals surface area contributed by atoms with Crippen molar-refractivity contribution in [3.63, 3.8) is 0 Å². The lowest BCUT2D eigenvalue weighted by atomic mass is 9.82. The first-order valence-electron chi connectivity index (χ1n) is 8.06. The maximum Gasteiger partial charge on any atom is 0.246 e. The molecule has 1 aromatic carbocycles. The van der Waals surface area contributed by atoms with Crippen LogP contribution in [0.4, 0.5) is 5.69 Å².